The Morgan fingerprint density at radius 1 is 1.09 bits per heavy atom. The van der Waals surface area contributed by atoms with Gasteiger partial charge in [-0.05, 0) is 71.4 Å². The standard InChI is InChI=1S/C30H43N5O8S/c1-29(2,3)43-28(39)31-23-15-9-7-5-6-8-12-20-19-30(20,32-25(36)24-16-11-17-35(24)26(23)37)27(38)34-44(40,41)33-21-13-10-14-22(18-21)42-4/h8,10,12-14,18,20,23-24,33H,5-7,9,11,15-17,19H2,1-4H3,(H,31,39)(H,32,36)(H,34,38)/t20-,23+,24+,30-/m1/s1. The second-order valence-corrected chi connectivity index (χ2v) is 13.9. The third-order valence-corrected chi connectivity index (χ3v) is 8.83. The fourth-order valence-corrected chi connectivity index (χ4v) is 6.54. The summed E-state index contributed by atoms with van der Waals surface area (Å²) in [6.07, 6.45) is 7.57. The molecule has 2 fully saturated rings. The Bertz CT molecular complexity index is 1390. The van der Waals surface area contributed by atoms with E-state index < -0.39 is 63.2 Å². The highest BCUT2D eigenvalue weighted by molar-refractivity contribution is 7.91. The van der Waals surface area contributed by atoms with Crippen LogP contribution in [0.4, 0.5) is 10.5 Å². The SMILES string of the molecule is COc1cccc(NS(=O)(=O)NC(=O)[C@@]23C[C@H]2C=CCCCCC[C@H](NC(=O)OC(C)(C)C)C(=O)N2CCC[C@H]2C(=O)N3)c1. The summed E-state index contributed by atoms with van der Waals surface area (Å²) in [6.45, 7) is 5.51. The third-order valence-electron chi connectivity index (χ3n) is 7.87. The molecule has 0 aromatic heterocycles. The van der Waals surface area contributed by atoms with Crippen molar-refractivity contribution in [2.75, 3.05) is 18.4 Å². The molecule has 4 atom stereocenters. The van der Waals surface area contributed by atoms with Crippen molar-refractivity contribution in [1.29, 1.82) is 0 Å². The number of fused-ring (bicyclic) bond motifs is 2. The number of benzene rings is 1. The Morgan fingerprint density at radius 3 is 2.59 bits per heavy atom. The van der Waals surface area contributed by atoms with Crippen molar-refractivity contribution in [3.8, 4) is 5.75 Å². The molecule has 13 nitrogen and oxygen atoms in total. The minimum Gasteiger partial charge on any atom is -0.497 e. The molecule has 4 amide bonds. The van der Waals surface area contributed by atoms with Crippen LogP contribution >= 0.6 is 0 Å². The summed E-state index contributed by atoms with van der Waals surface area (Å²) < 4.78 is 40.7. The number of methoxy groups -OCH3 is 1. The van der Waals surface area contributed by atoms with E-state index in [1.807, 2.05) is 12.2 Å². The molecule has 0 spiro atoms. The van der Waals surface area contributed by atoms with Gasteiger partial charge in [0.25, 0.3) is 5.91 Å². The van der Waals surface area contributed by atoms with Crippen LogP contribution in [0.2, 0.25) is 0 Å². The van der Waals surface area contributed by atoms with Crippen LogP contribution in [0, 0.1) is 5.92 Å². The summed E-state index contributed by atoms with van der Waals surface area (Å²) in [6, 6.07) is 4.47. The van der Waals surface area contributed by atoms with Crippen LogP contribution < -0.4 is 24.8 Å². The van der Waals surface area contributed by atoms with Gasteiger partial charge in [-0.3, -0.25) is 19.1 Å². The number of amides is 4. The van der Waals surface area contributed by atoms with Crippen molar-refractivity contribution < 1.29 is 37.1 Å². The third kappa shape index (κ3) is 8.42. The molecule has 0 bridgehead atoms. The monoisotopic (exact) mass is 633 g/mol. The molecule has 1 aromatic rings. The van der Waals surface area contributed by atoms with Crippen molar-refractivity contribution in [3.63, 3.8) is 0 Å². The Hall–Kier alpha value is -3.81. The Kier molecular flexibility index (Phi) is 10.1. The first-order valence-corrected chi connectivity index (χ1v) is 16.5. The van der Waals surface area contributed by atoms with E-state index in [9.17, 15) is 27.6 Å². The number of nitrogens with zero attached hydrogens (tertiary/aromatic N) is 1. The van der Waals surface area contributed by atoms with Gasteiger partial charge in [0.1, 0.15) is 29.0 Å². The highest BCUT2D eigenvalue weighted by atomic mass is 32.2. The molecule has 44 heavy (non-hydrogen) atoms. The number of hydrogen-bond acceptors (Lipinski definition) is 8. The van der Waals surface area contributed by atoms with E-state index >= 15 is 0 Å². The van der Waals surface area contributed by atoms with Gasteiger partial charge >= 0.3 is 16.3 Å². The number of hydrogen-bond donors (Lipinski definition) is 4. The summed E-state index contributed by atoms with van der Waals surface area (Å²) in [4.78, 5) is 54.9. The highest BCUT2D eigenvalue weighted by Crippen LogP contribution is 2.45. The molecule has 0 radical (unpaired) electrons. The van der Waals surface area contributed by atoms with E-state index in [-0.39, 0.29) is 12.1 Å². The quantitative estimate of drug-likeness (QED) is 0.346. The number of ether oxygens (including phenoxy) is 2. The lowest BCUT2D eigenvalue weighted by atomic mass is 10.0. The number of anilines is 1. The molecule has 3 aliphatic rings. The molecular formula is C30H43N5O8S. The zero-order chi connectivity index (χ0) is 32.1. The predicted octanol–water partition coefficient (Wildman–Crippen LogP) is 2.75. The van der Waals surface area contributed by atoms with Crippen LogP contribution in [0.5, 0.6) is 5.75 Å². The zero-order valence-electron chi connectivity index (χ0n) is 25.7. The van der Waals surface area contributed by atoms with Gasteiger partial charge in [0.05, 0.1) is 12.8 Å². The molecule has 2 heterocycles. The van der Waals surface area contributed by atoms with Gasteiger partial charge < -0.3 is 25.0 Å². The van der Waals surface area contributed by atoms with Crippen LogP contribution in [-0.4, -0.2) is 74.0 Å². The van der Waals surface area contributed by atoms with Gasteiger partial charge in [-0.15, -0.1) is 0 Å². The molecule has 1 aromatic carbocycles. The van der Waals surface area contributed by atoms with Gasteiger partial charge in [-0.2, -0.15) is 8.42 Å². The van der Waals surface area contributed by atoms with Crippen LogP contribution in [-0.2, 0) is 29.3 Å². The number of nitrogens with one attached hydrogen (secondary N) is 4. The van der Waals surface area contributed by atoms with Crippen LogP contribution in [0.25, 0.3) is 0 Å². The summed E-state index contributed by atoms with van der Waals surface area (Å²) >= 11 is 0. The second kappa shape index (κ2) is 13.4. The number of rotatable bonds is 6. The molecule has 4 rings (SSSR count). The maximum Gasteiger partial charge on any atom is 0.408 e. The van der Waals surface area contributed by atoms with Gasteiger partial charge in [-0.25, -0.2) is 9.52 Å². The summed E-state index contributed by atoms with van der Waals surface area (Å²) in [7, 11) is -2.91. The van der Waals surface area contributed by atoms with Crippen LogP contribution in [0.3, 0.4) is 0 Å². The van der Waals surface area contributed by atoms with Gasteiger partial charge in [0.2, 0.25) is 11.8 Å². The highest BCUT2D eigenvalue weighted by Gasteiger charge is 2.61. The number of allylic oxidation sites excluding steroid dienone is 1. The smallest absolute Gasteiger partial charge is 0.408 e. The largest absolute Gasteiger partial charge is 0.497 e. The lowest BCUT2D eigenvalue weighted by molar-refractivity contribution is -0.141. The number of carbonyl (C=O) groups is 4. The molecule has 1 saturated carbocycles. The fraction of sp³-hybridized carbons (Fsp3) is 0.600. The minimum atomic E-state index is -4.36. The second-order valence-electron chi connectivity index (χ2n) is 12.5. The lowest BCUT2D eigenvalue weighted by Crippen LogP contribution is -2.58. The molecule has 14 heteroatoms. The van der Waals surface area contributed by atoms with Gasteiger partial charge in [0, 0.05) is 18.5 Å². The summed E-state index contributed by atoms with van der Waals surface area (Å²) in [5.41, 5.74) is -2.06. The van der Waals surface area contributed by atoms with Gasteiger partial charge in [0.15, 0.2) is 0 Å². The first-order valence-electron chi connectivity index (χ1n) is 15.0. The van der Waals surface area contributed by atoms with Crippen molar-refractivity contribution in [2.45, 2.75) is 95.4 Å². The van der Waals surface area contributed by atoms with E-state index in [0.29, 0.717) is 44.4 Å². The van der Waals surface area contributed by atoms with Crippen molar-refractivity contribution in [3.05, 3.63) is 36.4 Å². The summed E-state index contributed by atoms with van der Waals surface area (Å²) in [5.74, 6) is -1.81. The first kappa shape index (κ1) is 33.1. The van der Waals surface area contributed by atoms with E-state index in [4.69, 9.17) is 9.47 Å². The molecular weight excluding hydrogens is 590 g/mol. The lowest BCUT2D eigenvalue weighted by Gasteiger charge is -2.30. The molecule has 2 aliphatic heterocycles. The fourth-order valence-electron chi connectivity index (χ4n) is 5.62. The summed E-state index contributed by atoms with van der Waals surface area (Å²) in [5, 5.41) is 5.50. The molecule has 1 saturated heterocycles. The maximum absolute atomic E-state index is 13.7. The van der Waals surface area contributed by atoms with Crippen molar-refractivity contribution in [1.82, 2.24) is 20.3 Å². The first-order chi connectivity index (χ1) is 20.7. The Balaban J connectivity index is 1.53. The molecule has 242 valence electrons. The van der Waals surface area contributed by atoms with Crippen LogP contribution in [0.15, 0.2) is 36.4 Å². The topological polar surface area (TPSA) is 172 Å². The van der Waals surface area contributed by atoms with E-state index in [1.165, 1.54) is 24.1 Å². The zero-order valence-corrected chi connectivity index (χ0v) is 26.5. The number of carbonyl (C=O) groups excluding carboxylic acids is 4. The molecule has 1 aliphatic carbocycles. The normalized spacial score (nSPS) is 26.2. The number of alkyl carbamates (subject to hydrolysis) is 1. The molecule has 4 N–H and O–H groups in total. The average Bonchev–Trinajstić information content (AvgIpc) is 3.39. The maximum atomic E-state index is 13.7. The van der Waals surface area contributed by atoms with E-state index in [1.54, 1.807) is 32.9 Å². The molecule has 0 unspecified atom stereocenters. The van der Waals surface area contributed by atoms with E-state index in [2.05, 4.69) is 20.1 Å². The van der Waals surface area contributed by atoms with Crippen LogP contribution in [0.1, 0.15) is 72.1 Å². The Labute approximate surface area is 258 Å². The minimum absolute atomic E-state index is 0.190. The Morgan fingerprint density at radius 2 is 1.86 bits per heavy atom. The van der Waals surface area contributed by atoms with E-state index in [0.717, 1.165) is 12.8 Å². The predicted molar refractivity (Wildman–Crippen MR) is 163 cm³/mol. The van der Waals surface area contributed by atoms with Crippen molar-refractivity contribution in [2.24, 2.45) is 5.92 Å². The average molecular weight is 634 g/mol. The van der Waals surface area contributed by atoms with Gasteiger partial charge in [-0.1, -0.05) is 31.1 Å². The van der Waals surface area contributed by atoms with Crippen molar-refractivity contribution >= 4 is 39.7 Å².